The average molecular weight is 296 g/mol. The van der Waals surface area contributed by atoms with Gasteiger partial charge in [0, 0.05) is 17.2 Å². The van der Waals surface area contributed by atoms with E-state index < -0.39 is 23.9 Å². The number of thioether (sulfide) groups is 1. The molecule has 2 aliphatic rings. The van der Waals surface area contributed by atoms with Gasteiger partial charge in [-0.05, 0) is 6.92 Å². The fraction of sp³-hybridized carbons (Fsp3) is 0.417. The Morgan fingerprint density at radius 2 is 2.30 bits per heavy atom. The first-order valence-corrected chi connectivity index (χ1v) is 6.77. The molecule has 2 atom stereocenters. The third-order valence-electron chi connectivity index (χ3n) is 2.90. The lowest BCUT2D eigenvalue weighted by molar-refractivity contribution is -0.148. The van der Waals surface area contributed by atoms with Gasteiger partial charge in [0.1, 0.15) is 23.7 Å². The number of hydrogen-bond acceptors (Lipinski definition) is 6. The molecule has 0 bridgehead atoms. The van der Waals surface area contributed by atoms with Crippen molar-refractivity contribution < 1.29 is 24.2 Å². The summed E-state index contributed by atoms with van der Waals surface area (Å²) in [6, 6.07) is -0.676. The van der Waals surface area contributed by atoms with Gasteiger partial charge in [-0.2, -0.15) is 0 Å². The van der Waals surface area contributed by atoms with Crippen molar-refractivity contribution in [3.63, 3.8) is 0 Å². The van der Waals surface area contributed by atoms with Crippen LogP contribution < -0.4 is 5.73 Å². The number of carbonyl (C=O) groups excluding carboxylic acids is 2. The maximum atomic E-state index is 11.7. The van der Waals surface area contributed by atoms with Crippen molar-refractivity contribution in [3.8, 4) is 11.8 Å². The molecule has 20 heavy (non-hydrogen) atoms. The minimum Gasteiger partial charge on any atom is -0.477 e. The smallest absolute Gasteiger partial charge is 0.384 e. The van der Waals surface area contributed by atoms with Gasteiger partial charge in [0.25, 0.3) is 0 Å². The zero-order chi connectivity index (χ0) is 14.9. The molecule has 2 rings (SSSR count). The molecule has 0 aromatic rings. The zero-order valence-corrected chi connectivity index (χ0v) is 11.4. The molecule has 0 unspecified atom stereocenters. The standard InChI is InChI=1S/C12H12N2O5S/c1-2-3-7(15)19-4-6-5-20-11-8(13)10(16)14(11)9(6)12(17)18/h8,11H,4-5,13H2,1H3,(H,17,18)/t8-,11-/m1/s1. The van der Waals surface area contributed by atoms with Crippen LogP contribution in [-0.4, -0.2) is 51.6 Å². The quantitative estimate of drug-likeness (QED) is 0.301. The van der Waals surface area contributed by atoms with E-state index in [0.717, 1.165) is 4.90 Å². The van der Waals surface area contributed by atoms with Gasteiger partial charge in [0.15, 0.2) is 0 Å². The van der Waals surface area contributed by atoms with Crippen LogP contribution in [0.5, 0.6) is 0 Å². The topological polar surface area (TPSA) is 110 Å². The van der Waals surface area contributed by atoms with Gasteiger partial charge in [-0.25, -0.2) is 9.59 Å². The number of nitrogens with two attached hydrogens (primary N) is 1. The number of rotatable bonds is 3. The summed E-state index contributed by atoms with van der Waals surface area (Å²) in [7, 11) is 0. The van der Waals surface area contributed by atoms with E-state index in [-0.39, 0.29) is 17.7 Å². The van der Waals surface area contributed by atoms with Crippen LogP contribution in [0.4, 0.5) is 0 Å². The van der Waals surface area contributed by atoms with Gasteiger partial charge in [-0.1, -0.05) is 5.92 Å². The number of nitrogens with zero attached hydrogens (tertiary/aromatic N) is 1. The molecule has 0 aromatic heterocycles. The molecular weight excluding hydrogens is 284 g/mol. The molecule has 7 nitrogen and oxygen atoms in total. The van der Waals surface area contributed by atoms with Crippen molar-refractivity contribution in [1.29, 1.82) is 0 Å². The maximum absolute atomic E-state index is 11.7. The zero-order valence-electron chi connectivity index (χ0n) is 10.6. The fourth-order valence-electron chi connectivity index (χ4n) is 1.98. The molecule has 2 heterocycles. The number of hydrogen-bond donors (Lipinski definition) is 2. The van der Waals surface area contributed by atoms with Gasteiger partial charge < -0.3 is 15.6 Å². The second-order valence-electron chi connectivity index (χ2n) is 4.14. The van der Waals surface area contributed by atoms with E-state index in [0.29, 0.717) is 11.3 Å². The highest BCUT2D eigenvalue weighted by atomic mass is 32.2. The van der Waals surface area contributed by atoms with Gasteiger partial charge in [-0.3, -0.25) is 9.69 Å². The van der Waals surface area contributed by atoms with Gasteiger partial charge in [-0.15, -0.1) is 11.8 Å². The number of β-lactam (4-membered cyclic amide) rings is 1. The predicted octanol–water partition coefficient (Wildman–Crippen LogP) is -0.866. The molecule has 8 heteroatoms. The van der Waals surface area contributed by atoms with Crippen molar-refractivity contribution >= 4 is 29.6 Å². The third kappa shape index (κ3) is 2.37. The van der Waals surface area contributed by atoms with Gasteiger partial charge >= 0.3 is 11.9 Å². The van der Waals surface area contributed by atoms with Crippen LogP contribution in [0.3, 0.4) is 0 Å². The van der Waals surface area contributed by atoms with E-state index >= 15 is 0 Å². The summed E-state index contributed by atoms with van der Waals surface area (Å²) in [5, 5.41) is 8.88. The second-order valence-corrected chi connectivity index (χ2v) is 5.25. The van der Waals surface area contributed by atoms with Crippen LogP contribution in [0, 0.1) is 11.8 Å². The van der Waals surface area contributed by atoms with Crippen LogP contribution in [0.2, 0.25) is 0 Å². The van der Waals surface area contributed by atoms with Crippen LogP contribution in [-0.2, 0) is 19.1 Å². The summed E-state index contributed by atoms with van der Waals surface area (Å²) in [6.07, 6.45) is 0. The first kappa shape index (κ1) is 14.4. The van der Waals surface area contributed by atoms with E-state index in [9.17, 15) is 19.5 Å². The molecule has 0 saturated carbocycles. The molecule has 3 N–H and O–H groups in total. The number of fused-ring (bicyclic) bond motifs is 1. The number of carboxylic acids is 1. The van der Waals surface area contributed by atoms with Crippen LogP contribution >= 0.6 is 11.8 Å². The Kier molecular flexibility index (Phi) is 4.01. The Morgan fingerprint density at radius 3 is 2.90 bits per heavy atom. The number of amides is 1. The van der Waals surface area contributed by atoms with Crippen LogP contribution in [0.15, 0.2) is 11.3 Å². The number of aliphatic carboxylic acids is 1. The van der Waals surface area contributed by atoms with E-state index in [1.165, 1.54) is 18.7 Å². The molecule has 0 aromatic carbocycles. The highest BCUT2D eigenvalue weighted by Gasteiger charge is 2.51. The maximum Gasteiger partial charge on any atom is 0.384 e. The Labute approximate surface area is 119 Å². The third-order valence-corrected chi connectivity index (χ3v) is 4.26. The summed E-state index contributed by atoms with van der Waals surface area (Å²) in [5.41, 5.74) is 5.84. The number of ether oxygens (including phenoxy) is 1. The Bertz CT molecular complexity index is 574. The molecule has 106 valence electrons. The van der Waals surface area contributed by atoms with E-state index in [2.05, 4.69) is 11.8 Å². The Morgan fingerprint density at radius 1 is 1.60 bits per heavy atom. The summed E-state index contributed by atoms with van der Waals surface area (Å²) >= 11 is 1.35. The largest absolute Gasteiger partial charge is 0.477 e. The Hall–Kier alpha value is -1.98. The highest BCUT2D eigenvalue weighted by Crippen LogP contribution is 2.39. The fourth-order valence-corrected chi connectivity index (χ4v) is 3.26. The van der Waals surface area contributed by atoms with E-state index in [1.54, 1.807) is 0 Å². The van der Waals surface area contributed by atoms with E-state index in [4.69, 9.17) is 10.5 Å². The van der Waals surface area contributed by atoms with Crippen molar-refractivity contribution in [2.24, 2.45) is 5.73 Å². The summed E-state index contributed by atoms with van der Waals surface area (Å²) in [4.78, 5) is 35.3. The highest BCUT2D eigenvalue weighted by molar-refractivity contribution is 8.00. The summed E-state index contributed by atoms with van der Waals surface area (Å²) in [6.45, 7) is 1.29. The number of esters is 1. The van der Waals surface area contributed by atoms with Crippen molar-refractivity contribution in [2.45, 2.75) is 18.3 Å². The summed E-state index contributed by atoms with van der Waals surface area (Å²) < 4.78 is 4.86. The second kappa shape index (κ2) is 5.56. The van der Waals surface area contributed by atoms with Crippen molar-refractivity contribution in [1.82, 2.24) is 4.90 Å². The molecule has 1 saturated heterocycles. The lowest BCUT2D eigenvalue weighted by Crippen LogP contribution is -2.68. The lowest BCUT2D eigenvalue weighted by atomic mass is 10.0. The minimum absolute atomic E-state index is 0.141. The number of carboxylic acid groups (broad SMARTS) is 1. The predicted molar refractivity (Wildman–Crippen MR) is 70.1 cm³/mol. The normalized spacial score (nSPS) is 24.3. The average Bonchev–Trinajstić information content (AvgIpc) is 2.43. The lowest BCUT2D eigenvalue weighted by Gasteiger charge is -2.47. The molecule has 0 radical (unpaired) electrons. The molecular formula is C12H12N2O5S. The number of carbonyl (C=O) groups is 3. The van der Waals surface area contributed by atoms with Crippen LogP contribution in [0.1, 0.15) is 6.92 Å². The minimum atomic E-state index is -1.23. The molecule has 0 aliphatic carbocycles. The molecule has 2 aliphatic heterocycles. The summed E-state index contributed by atoms with van der Waals surface area (Å²) in [5.74, 6) is 2.52. The van der Waals surface area contributed by atoms with Crippen molar-refractivity contribution in [3.05, 3.63) is 11.3 Å². The molecule has 1 amide bonds. The first-order valence-electron chi connectivity index (χ1n) is 5.72. The van der Waals surface area contributed by atoms with Gasteiger partial charge in [0.05, 0.1) is 0 Å². The van der Waals surface area contributed by atoms with Gasteiger partial charge in [0.2, 0.25) is 5.91 Å². The monoisotopic (exact) mass is 296 g/mol. The first-order chi connectivity index (χ1) is 9.47. The molecule has 1 fully saturated rings. The molecule has 0 spiro atoms. The van der Waals surface area contributed by atoms with Crippen LogP contribution in [0.25, 0.3) is 0 Å². The van der Waals surface area contributed by atoms with Crippen molar-refractivity contribution in [2.75, 3.05) is 12.4 Å². The SMILES string of the molecule is CC#CC(=O)OCC1=C(C(=O)O)N2C(=O)[C@@H](N)[C@H]2SC1. The Balaban J connectivity index is 2.19. The van der Waals surface area contributed by atoms with E-state index in [1.807, 2.05) is 0 Å².